The molecule has 0 amide bonds. The zero-order valence-corrected chi connectivity index (χ0v) is 10.4. The monoisotopic (exact) mass is 226 g/mol. The van der Waals surface area contributed by atoms with E-state index in [2.05, 4.69) is 6.92 Å². The molecule has 0 aliphatic heterocycles. The van der Waals surface area contributed by atoms with E-state index in [0.717, 1.165) is 32.1 Å². The van der Waals surface area contributed by atoms with Crippen molar-refractivity contribution in [1.82, 2.24) is 0 Å². The predicted molar refractivity (Wildman–Crippen MR) is 62.1 cm³/mol. The molecule has 0 saturated heterocycles. The van der Waals surface area contributed by atoms with E-state index in [-0.39, 0.29) is 18.2 Å². The van der Waals surface area contributed by atoms with Crippen LogP contribution in [0.4, 0.5) is 0 Å². The number of hydrogen-bond acceptors (Lipinski definition) is 3. The van der Waals surface area contributed by atoms with Gasteiger partial charge in [0.05, 0.1) is 13.0 Å². The van der Waals surface area contributed by atoms with Gasteiger partial charge >= 0.3 is 5.97 Å². The van der Waals surface area contributed by atoms with Gasteiger partial charge in [-0.1, -0.05) is 19.8 Å². The summed E-state index contributed by atoms with van der Waals surface area (Å²) in [6.07, 6.45) is 5.60. The SMILES string of the molecule is CCCC1(CC(=O)OCC)CCCCC1=O. The summed E-state index contributed by atoms with van der Waals surface area (Å²) in [7, 11) is 0. The lowest BCUT2D eigenvalue weighted by molar-refractivity contribution is -0.151. The van der Waals surface area contributed by atoms with Gasteiger partial charge in [-0.05, 0) is 26.2 Å². The van der Waals surface area contributed by atoms with Crippen LogP contribution in [0.5, 0.6) is 0 Å². The number of hydrogen-bond donors (Lipinski definition) is 0. The summed E-state index contributed by atoms with van der Waals surface area (Å²) in [4.78, 5) is 23.6. The standard InChI is InChI=1S/C13H22O3/c1-3-8-13(10-12(15)16-4-2)9-6-5-7-11(13)14/h3-10H2,1-2H3. The topological polar surface area (TPSA) is 43.4 Å². The summed E-state index contributed by atoms with van der Waals surface area (Å²) in [6.45, 7) is 4.26. The minimum Gasteiger partial charge on any atom is -0.466 e. The van der Waals surface area contributed by atoms with Crippen molar-refractivity contribution in [3.63, 3.8) is 0 Å². The molecule has 1 saturated carbocycles. The molecule has 1 aliphatic carbocycles. The zero-order chi connectivity index (χ0) is 12.0. The van der Waals surface area contributed by atoms with Crippen LogP contribution in [-0.2, 0) is 14.3 Å². The van der Waals surface area contributed by atoms with E-state index in [1.165, 1.54) is 0 Å². The Morgan fingerprint density at radius 2 is 2.12 bits per heavy atom. The number of rotatable bonds is 5. The van der Waals surface area contributed by atoms with Gasteiger partial charge in [0.2, 0.25) is 0 Å². The Labute approximate surface area is 97.5 Å². The average molecular weight is 226 g/mol. The van der Waals surface area contributed by atoms with Gasteiger partial charge in [-0.15, -0.1) is 0 Å². The number of ether oxygens (including phenoxy) is 1. The molecule has 3 heteroatoms. The number of Topliss-reactive ketones (excluding diaryl/α,β-unsaturated/α-hetero) is 1. The van der Waals surface area contributed by atoms with Crippen LogP contribution < -0.4 is 0 Å². The normalized spacial score (nSPS) is 25.5. The van der Waals surface area contributed by atoms with Crippen molar-refractivity contribution in [2.75, 3.05) is 6.61 Å². The Kier molecular flexibility index (Phi) is 4.97. The molecule has 1 aliphatic rings. The highest BCUT2D eigenvalue weighted by Gasteiger charge is 2.40. The number of carbonyl (C=O) groups excluding carboxylic acids is 2. The Morgan fingerprint density at radius 3 is 2.69 bits per heavy atom. The number of ketones is 1. The first kappa shape index (κ1) is 13.2. The summed E-state index contributed by atoms with van der Waals surface area (Å²) in [5, 5.41) is 0. The summed E-state index contributed by atoms with van der Waals surface area (Å²) < 4.78 is 4.97. The first-order valence-electron chi connectivity index (χ1n) is 6.33. The maximum absolute atomic E-state index is 12.0. The van der Waals surface area contributed by atoms with Gasteiger partial charge in [-0.3, -0.25) is 9.59 Å². The van der Waals surface area contributed by atoms with E-state index in [9.17, 15) is 9.59 Å². The molecule has 0 aromatic carbocycles. The molecule has 0 aromatic rings. The van der Waals surface area contributed by atoms with Crippen LogP contribution in [0.15, 0.2) is 0 Å². The van der Waals surface area contributed by atoms with Crippen molar-refractivity contribution in [2.24, 2.45) is 5.41 Å². The van der Waals surface area contributed by atoms with Crippen LogP contribution in [0.2, 0.25) is 0 Å². The van der Waals surface area contributed by atoms with Crippen LogP contribution in [-0.4, -0.2) is 18.4 Å². The van der Waals surface area contributed by atoms with E-state index in [1.807, 2.05) is 0 Å². The third kappa shape index (κ3) is 3.06. The molecule has 0 radical (unpaired) electrons. The molecule has 1 unspecified atom stereocenters. The van der Waals surface area contributed by atoms with Crippen molar-refractivity contribution in [2.45, 2.75) is 58.8 Å². The van der Waals surface area contributed by atoms with Gasteiger partial charge in [0, 0.05) is 11.8 Å². The molecule has 0 aromatic heterocycles. The van der Waals surface area contributed by atoms with Crippen molar-refractivity contribution >= 4 is 11.8 Å². The Bertz CT molecular complexity index is 256. The van der Waals surface area contributed by atoms with Crippen molar-refractivity contribution in [1.29, 1.82) is 0 Å². The molecule has 0 bridgehead atoms. The van der Waals surface area contributed by atoms with Crippen LogP contribution >= 0.6 is 0 Å². The highest BCUT2D eigenvalue weighted by atomic mass is 16.5. The van der Waals surface area contributed by atoms with Gasteiger partial charge in [-0.2, -0.15) is 0 Å². The fourth-order valence-electron chi connectivity index (χ4n) is 2.66. The second-order valence-electron chi connectivity index (χ2n) is 4.64. The molecular formula is C13H22O3. The zero-order valence-electron chi connectivity index (χ0n) is 10.4. The third-order valence-corrected chi connectivity index (χ3v) is 3.42. The summed E-state index contributed by atoms with van der Waals surface area (Å²) in [5.41, 5.74) is -0.404. The highest BCUT2D eigenvalue weighted by Crippen LogP contribution is 2.40. The average Bonchev–Trinajstić information content (AvgIpc) is 2.23. The van der Waals surface area contributed by atoms with Crippen LogP contribution in [0.25, 0.3) is 0 Å². The van der Waals surface area contributed by atoms with E-state index in [0.29, 0.717) is 13.0 Å². The molecule has 16 heavy (non-hydrogen) atoms. The second kappa shape index (κ2) is 6.02. The largest absolute Gasteiger partial charge is 0.466 e. The fourth-order valence-corrected chi connectivity index (χ4v) is 2.66. The van der Waals surface area contributed by atoms with Gasteiger partial charge in [0.1, 0.15) is 5.78 Å². The van der Waals surface area contributed by atoms with E-state index < -0.39 is 5.41 Å². The van der Waals surface area contributed by atoms with Crippen LogP contribution in [0.3, 0.4) is 0 Å². The van der Waals surface area contributed by atoms with Gasteiger partial charge in [-0.25, -0.2) is 0 Å². The molecule has 0 spiro atoms. The van der Waals surface area contributed by atoms with Crippen LogP contribution in [0.1, 0.15) is 58.8 Å². The summed E-state index contributed by atoms with van der Waals surface area (Å²) >= 11 is 0. The molecule has 1 atom stereocenters. The lowest BCUT2D eigenvalue weighted by Gasteiger charge is -2.34. The van der Waals surface area contributed by atoms with Crippen LogP contribution in [0, 0.1) is 5.41 Å². The highest BCUT2D eigenvalue weighted by molar-refractivity contribution is 5.89. The lowest BCUT2D eigenvalue weighted by atomic mass is 9.68. The fraction of sp³-hybridized carbons (Fsp3) is 0.846. The lowest BCUT2D eigenvalue weighted by Crippen LogP contribution is -2.36. The van der Waals surface area contributed by atoms with Gasteiger partial charge in [0.15, 0.2) is 0 Å². The smallest absolute Gasteiger partial charge is 0.306 e. The molecule has 1 rings (SSSR count). The van der Waals surface area contributed by atoms with Crippen molar-refractivity contribution < 1.29 is 14.3 Å². The van der Waals surface area contributed by atoms with E-state index in [1.54, 1.807) is 6.92 Å². The molecular weight excluding hydrogens is 204 g/mol. The van der Waals surface area contributed by atoms with Gasteiger partial charge in [0.25, 0.3) is 0 Å². The maximum Gasteiger partial charge on any atom is 0.306 e. The molecule has 92 valence electrons. The van der Waals surface area contributed by atoms with E-state index >= 15 is 0 Å². The summed E-state index contributed by atoms with van der Waals surface area (Å²) in [5.74, 6) is 0.0554. The second-order valence-corrected chi connectivity index (χ2v) is 4.64. The Hall–Kier alpha value is -0.860. The third-order valence-electron chi connectivity index (χ3n) is 3.42. The Morgan fingerprint density at radius 1 is 1.38 bits per heavy atom. The summed E-state index contributed by atoms with van der Waals surface area (Å²) in [6, 6.07) is 0. The minimum atomic E-state index is -0.404. The first-order chi connectivity index (χ1) is 7.64. The van der Waals surface area contributed by atoms with Crippen molar-refractivity contribution in [3.05, 3.63) is 0 Å². The number of esters is 1. The molecule has 0 heterocycles. The minimum absolute atomic E-state index is 0.216. The molecule has 0 N–H and O–H groups in total. The van der Waals surface area contributed by atoms with E-state index in [4.69, 9.17) is 4.74 Å². The molecule has 3 nitrogen and oxygen atoms in total. The molecule has 1 fully saturated rings. The van der Waals surface area contributed by atoms with Gasteiger partial charge < -0.3 is 4.74 Å². The Balaban J connectivity index is 2.70. The first-order valence-corrected chi connectivity index (χ1v) is 6.33. The predicted octanol–water partition coefficient (Wildman–Crippen LogP) is 2.87. The number of carbonyl (C=O) groups is 2. The maximum atomic E-state index is 12.0. The van der Waals surface area contributed by atoms with Crippen molar-refractivity contribution in [3.8, 4) is 0 Å². The quantitative estimate of drug-likeness (QED) is 0.677.